The van der Waals surface area contributed by atoms with Crippen molar-refractivity contribution < 1.29 is 18.3 Å². The minimum absolute atomic E-state index is 0.337. The molecule has 2 aromatic carbocycles. The predicted octanol–water partition coefficient (Wildman–Crippen LogP) is 1.88. The van der Waals surface area contributed by atoms with Crippen molar-refractivity contribution in [2.75, 3.05) is 14.1 Å². The van der Waals surface area contributed by atoms with Gasteiger partial charge < -0.3 is 13.5 Å². The average Bonchev–Trinajstić information content (AvgIpc) is 2.78. The SMILES string of the molecule is CN(C)/C=[N+]1\[B-](F)(c2ccccc2)OC(=O)[C@@]1(C)c1ccccc1. The van der Waals surface area contributed by atoms with Gasteiger partial charge in [-0.25, -0.2) is 0 Å². The molecule has 1 heterocycles. The Labute approximate surface area is 141 Å². The second-order valence-corrected chi connectivity index (χ2v) is 6.39. The van der Waals surface area contributed by atoms with Crippen LogP contribution in [0, 0.1) is 0 Å². The fourth-order valence-electron chi connectivity index (χ4n) is 3.15. The Bertz CT molecular complexity index is 782. The summed E-state index contributed by atoms with van der Waals surface area (Å²) in [5.74, 6) is -0.599. The van der Waals surface area contributed by atoms with E-state index in [4.69, 9.17) is 4.65 Å². The van der Waals surface area contributed by atoms with Crippen LogP contribution in [0.5, 0.6) is 0 Å². The number of hydrogen-bond acceptors (Lipinski definition) is 2. The molecule has 0 bridgehead atoms. The molecule has 24 heavy (non-hydrogen) atoms. The van der Waals surface area contributed by atoms with E-state index in [1.165, 1.54) is 4.49 Å². The van der Waals surface area contributed by atoms with Gasteiger partial charge in [-0.1, -0.05) is 66.1 Å². The zero-order valence-corrected chi connectivity index (χ0v) is 14.0. The Kier molecular flexibility index (Phi) is 3.91. The van der Waals surface area contributed by atoms with E-state index in [9.17, 15) is 4.79 Å². The number of halogens is 1. The van der Waals surface area contributed by atoms with Crippen LogP contribution in [0.1, 0.15) is 12.5 Å². The molecular formula is C18H20BFN2O2. The van der Waals surface area contributed by atoms with Crippen molar-refractivity contribution in [1.82, 2.24) is 4.90 Å². The highest BCUT2D eigenvalue weighted by Gasteiger charge is 2.60. The molecule has 0 saturated carbocycles. The highest BCUT2D eigenvalue weighted by Crippen LogP contribution is 2.37. The first-order valence-electron chi connectivity index (χ1n) is 7.86. The second-order valence-electron chi connectivity index (χ2n) is 6.39. The van der Waals surface area contributed by atoms with Gasteiger partial charge in [0.25, 0.3) is 0 Å². The summed E-state index contributed by atoms with van der Waals surface area (Å²) >= 11 is 0. The second kappa shape index (κ2) is 5.78. The zero-order valence-electron chi connectivity index (χ0n) is 14.0. The highest BCUT2D eigenvalue weighted by atomic mass is 19.1. The Hall–Kier alpha value is -2.63. The molecule has 1 aliphatic rings. The lowest BCUT2D eigenvalue weighted by Gasteiger charge is -2.31. The first-order valence-corrected chi connectivity index (χ1v) is 7.86. The van der Waals surface area contributed by atoms with Crippen LogP contribution in [0.2, 0.25) is 0 Å². The summed E-state index contributed by atoms with van der Waals surface area (Å²) in [4.78, 5) is 14.5. The van der Waals surface area contributed by atoms with Gasteiger partial charge in [0.2, 0.25) is 0 Å². The molecule has 2 atom stereocenters. The Morgan fingerprint density at radius 2 is 1.62 bits per heavy atom. The average molecular weight is 326 g/mol. The van der Waals surface area contributed by atoms with Crippen LogP contribution >= 0.6 is 0 Å². The van der Waals surface area contributed by atoms with Gasteiger partial charge >= 0.3 is 12.7 Å². The molecule has 124 valence electrons. The van der Waals surface area contributed by atoms with Gasteiger partial charge in [0.05, 0.1) is 14.1 Å². The number of rotatable bonds is 3. The fraction of sp³-hybridized carbons (Fsp3) is 0.222. The number of carbonyl (C=O) groups excluding carboxylic acids is 1. The molecule has 3 rings (SSSR count). The molecule has 1 aliphatic heterocycles. The Morgan fingerprint density at radius 1 is 1.08 bits per heavy atom. The maximum atomic E-state index is 16.0. The molecule has 0 aliphatic carbocycles. The third-order valence-electron chi connectivity index (χ3n) is 4.44. The third kappa shape index (κ3) is 2.38. The number of nitrogens with zero attached hydrogens (tertiary/aromatic N) is 2. The number of benzene rings is 2. The van der Waals surface area contributed by atoms with Crippen molar-refractivity contribution in [2.45, 2.75) is 12.5 Å². The third-order valence-corrected chi connectivity index (χ3v) is 4.44. The lowest BCUT2D eigenvalue weighted by atomic mass is 9.65. The molecule has 0 radical (unpaired) electrons. The molecule has 1 unspecified atom stereocenters. The Balaban J connectivity index is 2.23. The maximum Gasteiger partial charge on any atom is 0.568 e. The number of carbonyl (C=O) groups is 1. The van der Waals surface area contributed by atoms with E-state index in [1.54, 1.807) is 62.6 Å². The van der Waals surface area contributed by atoms with Crippen LogP contribution in [0.25, 0.3) is 0 Å². The summed E-state index contributed by atoms with van der Waals surface area (Å²) in [6.07, 6.45) is 1.59. The lowest BCUT2D eigenvalue weighted by molar-refractivity contribution is -0.483. The first-order chi connectivity index (χ1) is 11.4. The normalized spacial score (nSPS) is 28.0. The molecule has 1 fully saturated rings. The minimum atomic E-state index is -3.17. The van der Waals surface area contributed by atoms with Crippen LogP contribution in [0.4, 0.5) is 4.32 Å². The van der Waals surface area contributed by atoms with Crippen LogP contribution in [-0.4, -0.2) is 42.6 Å². The molecule has 4 nitrogen and oxygen atoms in total. The fourth-order valence-corrected chi connectivity index (χ4v) is 3.15. The van der Waals surface area contributed by atoms with Crippen molar-refractivity contribution in [3.05, 3.63) is 66.2 Å². The van der Waals surface area contributed by atoms with E-state index in [2.05, 4.69) is 0 Å². The molecule has 0 spiro atoms. The summed E-state index contributed by atoms with van der Waals surface area (Å²) in [7, 11) is 3.57. The van der Waals surface area contributed by atoms with Crippen molar-refractivity contribution >= 4 is 24.5 Å². The molecule has 0 aromatic heterocycles. The molecule has 0 N–H and O–H groups in total. The summed E-state index contributed by atoms with van der Waals surface area (Å²) in [6.45, 7) is -1.48. The number of hydrogen-bond donors (Lipinski definition) is 0. The lowest BCUT2D eigenvalue weighted by Crippen LogP contribution is -2.57. The van der Waals surface area contributed by atoms with E-state index >= 15 is 4.32 Å². The first kappa shape index (κ1) is 16.2. The monoisotopic (exact) mass is 326 g/mol. The highest BCUT2D eigenvalue weighted by molar-refractivity contribution is 6.76. The van der Waals surface area contributed by atoms with Crippen molar-refractivity contribution in [2.24, 2.45) is 0 Å². The van der Waals surface area contributed by atoms with Gasteiger partial charge in [-0.2, -0.15) is 0 Å². The van der Waals surface area contributed by atoms with Gasteiger partial charge in [0.15, 0.2) is 11.9 Å². The van der Waals surface area contributed by atoms with Gasteiger partial charge in [0, 0.05) is 5.56 Å². The molecule has 6 heteroatoms. The van der Waals surface area contributed by atoms with Gasteiger partial charge in [-0.3, -0.25) is 9.69 Å². The van der Waals surface area contributed by atoms with Crippen molar-refractivity contribution in [3.63, 3.8) is 0 Å². The quantitative estimate of drug-likeness (QED) is 0.638. The van der Waals surface area contributed by atoms with Crippen molar-refractivity contribution in [1.29, 1.82) is 0 Å². The van der Waals surface area contributed by atoms with E-state index in [-0.39, 0.29) is 0 Å². The van der Waals surface area contributed by atoms with Crippen LogP contribution in [0.15, 0.2) is 60.7 Å². The summed E-state index contributed by atoms with van der Waals surface area (Å²) in [5, 5.41) is 0. The van der Waals surface area contributed by atoms with Gasteiger partial charge in [-0.15, -0.1) is 0 Å². The van der Waals surface area contributed by atoms with Gasteiger partial charge in [-0.05, 0) is 6.92 Å². The standard InChI is InChI=1S/C18H20BFN2O2/c1-18(15-10-6-4-7-11-15)17(23)24-19(20,22(18)14-21(2)3)16-12-8-5-9-13-16/h4-14H,1-3H3/b22-14-/t18-,19?/m1/s1. The largest absolute Gasteiger partial charge is 0.619 e. The van der Waals surface area contributed by atoms with E-state index in [0.29, 0.717) is 11.0 Å². The molecule has 0 amide bonds. The van der Waals surface area contributed by atoms with Crippen molar-refractivity contribution in [3.8, 4) is 0 Å². The van der Waals surface area contributed by atoms with E-state index in [0.717, 1.165) is 0 Å². The predicted molar refractivity (Wildman–Crippen MR) is 92.8 cm³/mol. The van der Waals surface area contributed by atoms with E-state index in [1.807, 2.05) is 30.3 Å². The van der Waals surface area contributed by atoms with E-state index < -0.39 is 18.3 Å². The molecular weight excluding hydrogens is 306 g/mol. The Morgan fingerprint density at radius 3 is 2.17 bits per heavy atom. The van der Waals surface area contributed by atoms with Crippen LogP contribution < -0.4 is 5.46 Å². The maximum absolute atomic E-state index is 16.0. The van der Waals surface area contributed by atoms with Gasteiger partial charge in [0.1, 0.15) is 0 Å². The summed E-state index contributed by atoms with van der Waals surface area (Å²) in [5.41, 5.74) is -0.218. The summed E-state index contributed by atoms with van der Waals surface area (Å²) < 4.78 is 22.7. The molecule has 2 aromatic rings. The summed E-state index contributed by atoms with van der Waals surface area (Å²) in [6, 6.07) is 17.7. The van der Waals surface area contributed by atoms with Crippen LogP contribution in [0.3, 0.4) is 0 Å². The molecule has 1 saturated heterocycles. The van der Waals surface area contributed by atoms with Crippen LogP contribution in [-0.2, 0) is 15.0 Å². The smallest absolute Gasteiger partial charge is 0.568 e. The topological polar surface area (TPSA) is 32.5 Å². The minimum Gasteiger partial charge on any atom is -0.619 e. The zero-order chi connectivity index (χ0) is 17.4.